The summed E-state index contributed by atoms with van der Waals surface area (Å²) in [5, 5.41) is 7.98. The Bertz CT molecular complexity index is 344. The van der Waals surface area contributed by atoms with Gasteiger partial charge in [-0.05, 0) is 25.7 Å². The van der Waals surface area contributed by atoms with Gasteiger partial charge in [-0.15, -0.1) is 0 Å². The summed E-state index contributed by atoms with van der Waals surface area (Å²) in [4.78, 5) is 34.8. The smallest absolute Gasteiger partial charge is 0.242 e. The first-order valence-corrected chi connectivity index (χ1v) is 6.89. The Kier molecular flexibility index (Phi) is 6.32. The van der Waals surface area contributed by atoms with Gasteiger partial charge < -0.3 is 16.0 Å². The van der Waals surface area contributed by atoms with E-state index in [1.54, 1.807) is 0 Å². The van der Waals surface area contributed by atoms with Crippen LogP contribution in [0.2, 0.25) is 0 Å². The highest BCUT2D eigenvalue weighted by Gasteiger charge is 2.22. The van der Waals surface area contributed by atoms with Gasteiger partial charge in [-0.1, -0.05) is 13.8 Å². The zero-order valence-corrected chi connectivity index (χ0v) is 11.6. The Morgan fingerprint density at radius 3 is 2.84 bits per heavy atom. The van der Waals surface area contributed by atoms with Crippen LogP contribution in [0.5, 0.6) is 0 Å². The van der Waals surface area contributed by atoms with Gasteiger partial charge in [0.05, 0.1) is 6.54 Å². The fraction of sp³-hybridized carbons (Fsp3) is 0.769. The first-order chi connectivity index (χ1) is 9.04. The van der Waals surface area contributed by atoms with Gasteiger partial charge >= 0.3 is 0 Å². The van der Waals surface area contributed by atoms with Crippen LogP contribution in [0.1, 0.15) is 39.5 Å². The first-order valence-electron chi connectivity index (χ1n) is 6.89. The number of hydrogen-bond acceptors (Lipinski definition) is 3. The van der Waals surface area contributed by atoms with Crippen LogP contribution >= 0.6 is 0 Å². The molecule has 6 nitrogen and oxygen atoms in total. The molecule has 1 fully saturated rings. The molecule has 1 saturated heterocycles. The number of rotatable bonds is 5. The highest BCUT2D eigenvalue weighted by atomic mass is 16.2. The third-order valence-electron chi connectivity index (χ3n) is 3.35. The fourth-order valence-electron chi connectivity index (χ4n) is 1.85. The van der Waals surface area contributed by atoms with Crippen molar-refractivity contribution in [3.05, 3.63) is 0 Å². The van der Waals surface area contributed by atoms with Crippen molar-refractivity contribution in [3.63, 3.8) is 0 Å². The monoisotopic (exact) mass is 269 g/mol. The summed E-state index contributed by atoms with van der Waals surface area (Å²) in [6.45, 7) is 4.31. The van der Waals surface area contributed by atoms with E-state index in [1.165, 1.54) is 0 Å². The van der Waals surface area contributed by atoms with E-state index in [-0.39, 0.29) is 30.2 Å². The van der Waals surface area contributed by atoms with E-state index in [0.717, 1.165) is 19.3 Å². The summed E-state index contributed by atoms with van der Waals surface area (Å²) in [7, 11) is 0. The minimum Gasteiger partial charge on any atom is -0.354 e. The Hall–Kier alpha value is -1.59. The highest BCUT2D eigenvalue weighted by Crippen LogP contribution is 2.05. The number of nitrogens with one attached hydrogen (secondary N) is 3. The van der Waals surface area contributed by atoms with E-state index < -0.39 is 6.04 Å². The molecule has 6 heteroatoms. The van der Waals surface area contributed by atoms with E-state index in [2.05, 4.69) is 16.0 Å². The van der Waals surface area contributed by atoms with E-state index in [9.17, 15) is 14.4 Å². The lowest BCUT2D eigenvalue weighted by Crippen LogP contribution is -2.48. The lowest BCUT2D eigenvalue weighted by molar-refractivity contribution is -0.130. The van der Waals surface area contributed by atoms with Crippen LogP contribution in [0.25, 0.3) is 0 Å². The second kappa shape index (κ2) is 7.76. The molecule has 0 aromatic heterocycles. The molecule has 1 aliphatic rings. The van der Waals surface area contributed by atoms with E-state index >= 15 is 0 Å². The van der Waals surface area contributed by atoms with E-state index in [1.807, 2.05) is 13.8 Å². The minimum atomic E-state index is -0.476. The van der Waals surface area contributed by atoms with Gasteiger partial charge in [0.1, 0.15) is 6.04 Å². The Morgan fingerprint density at radius 1 is 1.42 bits per heavy atom. The molecule has 2 atom stereocenters. The first kappa shape index (κ1) is 15.5. The molecule has 0 spiro atoms. The van der Waals surface area contributed by atoms with Crippen molar-refractivity contribution in [3.8, 4) is 0 Å². The molecule has 19 heavy (non-hydrogen) atoms. The molecule has 0 aromatic rings. The van der Waals surface area contributed by atoms with Crippen molar-refractivity contribution in [1.82, 2.24) is 16.0 Å². The number of carbonyl (C=O) groups excluding carboxylic acids is 3. The average molecular weight is 269 g/mol. The zero-order valence-electron chi connectivity index (χ0n) is 11.6. The van der Waals surface area contributed by atoms with Gasteiger partial charge in [0.25, 0.3) is 0 Å². The Balaban J connectivity index is 2.34. The zero-order chi connectivity index (χ0) is 14.3. The molecular formula is C13H23N3O3. The van der Waals surface area contributed by atoms with Crippen LogP contribution in [0.4, 0.5) is 0 Å². The third-order valence-corrected chi connectivity index (χ3v) is 3.35. The number of hydrogen-bond donors (Lipinski definition) is 3. The maximum Gasteiger partial charge on any atom is 0.242 e. The van der Waals surface area contributed by atoms with E-state index in [0.29, 0.717) is 13.0 Å². The quantitative estimate of drug-likeness (QED) is 0.653. The van der Waals surface area contributed by atoms with Crippen LogP contribution in [0.15, 0.2) is 0 Å². The van der Waals surface area contributed by atoms with Crippen LogP contribution in [0.3, 0.4) is 0 Å². The third kappa shape index (κ3) is 5.28. The Morgan fingerprint density at radius 2 is 2.16 bits per heavy atom. The molecule has 0 bridgehead atoms. The van der Waals surface area contributed by atoms with Crippen molar-refractivity contribution in [2.75, 3.05) is 13.1 Å². The van der Waals surface area contributed by atoms with Crippen molar-refractivity contribution in [2.24, 2.45) is 5.92 Å². The second-order valence-corrected chi connectivity index (χ2v) is 4.93. The molecule has 0 saturated carbocycles. The summed E-state index contributed by atoms with van der Waals surface area (Å²) in [5.74, 6) is -0.699. The van der Waals surface area contributed by atoms with Crippen LogP contribution in [0, 0.1) is 5.92 Å². The maximum absolute atomic E-state index is 11.7. The van der Waals surface area contributed by atoms with Gasteiger partial charge in [0.15, 0.2) is 0 Å². The van der Waals surface area contributed by atoms with Crippen molar-refractivity contribution in [1.29, 1.82) is 0 Å². The lowest BCUT2D eigenvalue weighted by atomic mass is 10.1. The number of carbonyl (C=O) groups is 3. The summed E-state index contributed by atoms with van der Waals surface area (Å²) < 4.78 is 0. The van der Waals surface area contributed by atoms with E-state index in [4.69, 9.17) is 0 Å². The minimum absolute atomic E-state index is 0.0764. The fourth-order valence-corrected chi connectivity index (χ4v) is 1.85. The second-order valence-electron chi connectivity index (χ2n) is 4.93. The van der Waals surface area contributed by atoms with Crippen molar-refractivity contribution in [2.45, 2.75) is 45.6 Å². The maximum atomic E-state index is 11.7. The molecule has 108 valence electrons. The van der Waals surface area contributed by atoms with Gasteiger partial charge in [-0.2, -0.15) is 0 Å². The van der Waals surface area contributed by atoms with Crippen LogP contribution in [-0.2, 0) is 14.4 Å². The molecule has 1 aliphatic heterocycles. The normalized spacial score (nSPS) is 20.9. The largest absolute Gasteiger partial charge is 0.354 e. The average Bonchev–Trinajstić information content (AvgIpc) is 2.60. The standard InChI is InChI=1S/C13H23N3O3/c1-3-9(2)12(18)15-8-11(17)16-10-6-4-5-7-14-13(10)19/h9-10H,3-8H2,1-2H3,(H,14,19)(H,15,18)(H,16,17)/t9-,10-/m0/s1. The predicted molar refractivity (Wildman–Crippen MR) is 71.3 cm³/mol. The molecular weight excluding hydrogens is 246 g/mol. The molecule has 0 unspecified atom stereocenters. The van der Waals surface area contributed by atoms with Gasteiger partial charge in [-0.25, -0.2) is 0 Å². The highest BCUT2D eigenvalue weighted by molar-refractivity contribution is 5.90. The van der Waals surface area contributed by atoms with Crippen molar-refractivity contribution >= 4 is 17.7 Å². The molecule has 3 amide bonds. The number of amides is 3. The molecule has 0 radical (unpaired) electrons. The summed E-state index contributed by atoms with van der Waals surface area (Å²) in [5.41, 5.74) is 0. The van der Waals surface area contributed by atoms with Gasteiger partial charge in [0, 0.05) is 12.5 Å². The molecule has 0 aliphatic carbocycles. The van der Waals surface area contributed by atoms with Crippen LogP contribution in [-0.4, -0.2) is 36.9 Å². The Labute approximate surface area is 113 Å². The molecule has 0 aromatic carbocycles. The summed E-state index contributed by atoms with van der Waals surface area (Å²) in [6, 6.07) is -0.476. The van der Waals surface area contributed by atoms with Crippen LogP contribution < -0.4 is 16.0 Å². The SMILES string of the molecule is CC[C@H](C)C(=O)NCC(=O)N[C@H]1CCCCNC1=O. The summed E-state index contributed by atoms with van der Waals surface area (Å²) >= 11 is 0. The van der Waals surface area contributed by atoms with Gasteiger partial charge in [-0.3, -0.25) is 14.4 Å². The lowest BCUT2D eigenvalue weighted by Gasteiger charge is -2.16. The van der Waals surface area contributed by atoms with Gasteiger partial charge in [0.2, 0.25) is 17.7 Å². The molecule has 3 N–H and O–H groups in total. The summed E-state index contributed by atoms with van der Waals surface area (Å²) in [6.07, 6.45) is 3.22. The predicted octanol–water partition coefficient (Wildman–Crippen LogP) is -0.0664. The molecule has 1 heterocycles. The molecule has 1 rings (SSSR count). The van der Waals surface area contributed by atoms with Crippen molar-refractivity contribution < 1.29 is 14.4 Å². The topological polar surface area (TPSA) is 87.3 Å².